The van der Waals surface area contributed by atoms with Gasteiger partial charge >= 0.3 is 5.97 Å². The number of methoxy groups -OCH3 is 1. The lowest BCUT2D eigenvalue weighted by atomic mass is 10.1. The molecule has 0 radical (unpaired) electrons. The summed E-state index contributed by atoms with van der Waals surface area (Å²) in [5.41, 5.74) is 1.25. The van der Waals surface area contributed by atoms with Crippen LogP contribution in [0, 0.1) is 0 Å². The molecule has 2 heterocycles. The van der Waals surface area contributed by atoms with E-state index in [0.29, 0.717) is 12.0 Å². The number of ether oxygens (including phenoxy) is 1. The van der Waals surface area contributed by atoms with Crippen LogP contribution in [-0.2, 0) is 9.53 Å². The zero-order valence-electron chi connectivity index (χ0n) is 8.90. The second-order valence-corrected chi connectivity index (χ2v) is 3.66. The van der Waals surface area contributed by atoms with E-state index in [1.807, 2.05) is 0 Å². The van der Waals surface area contributed by atoms with Crippen molar-refractivity contribution in [1.29, 1.82) is 0 Å². The molecule has 0 aliphatic carbocycles. The third-order valence-electron chi connectivity index (χ3n) is 2.58. The number of carbonyl (C=O) groups excluding carboxylic acids is 2. The average Bonchev–Trinajstić information content (AvgIpc) is 2.75. The van der Waals surface area contributed by atoms with Gasteiger partial charge in [-0.15, -0.1) is 0 Å². The van der Waals surface area contributed by atoms with Gasteiger partial charge in [0, 0.05) is 18.8 Å². The topological polar surface area (TPSA) is 68.3 Å². The second kappa shape index (κ2) is 4.30. The molecule has 1 saturated heterocycles. The first kappa shape index (κ1) is 10.6. The van der Waals surface area contributed by atoms with E-state index < -0.39 is 5.97 Å². The Morgan fingerprint density at radius 3 is 3.00 bits per heavy atom. The van der Waals surface area contributed by atoms with Gasteiger partial charge in [0.25, 0.3) is 0 Å². The van der Waals surface area contributed by atoms with E-state index in [4.69, 9.17) is 0 Å². The van der Waals surface area contributed by atoms with Gasteiger partial charge in [0.15, 0.2) is 0 Å². The first-order valence-corrected chi connectivity index (χ1v) is 5.03. The zero-order valence-corrected chi connectivity index (χ0v) is 8.90. The number of carbonyl (C=O) groups is 2. The Hall–Kier alpha value is -1.91. The summed E-state index contributed by atoms with van der Waals surface area (Å²) in [6.07, 6.45) is 4.37. The SMILES string of the molecule is COC(=O)c1cncc(C2CCC(=O)N2)c1. The van der Waals surface area contributed by atoms with Crippen molar-refractivity contribution in [2.24, 2.45) is 0 Å². The second-order valence-electron chi connectivity index (χ2n) is 3.66. The number of hydrogen-bond donors (Lipinski definition) is 1. The molecule has 5 heteroatoms. The molecule has 2 rings (SSSR count). The summed E-state index contributed by atoms with van der Waals surface area (Å²) in [7, 11) is 1.33. The summed E-state index contributed by atoms with van der Waals surface area (Å²) in [6, 6.07) is 1.67. The molecule has 5 nitrogen and oxygen atoms in total. The van der Waals surface area contributed by atoms with Crippen LogP contribution in [0.15, 0.2) is 18.5 Å². The smallest absolute Gasteiger partial charge is 0.339 e. The van der Waals surface area contributed by atoms with Crippen LogP contribution in [0.2, 0.25) is 0 Å². The van der Waals surface area contributed by atoms with Crippen LogP contribution in [0.4, 0.5) is 0 Å². The third-order valence-corrected chi connectivity index (χ3v) is 2.58. The molecular formula is C11H12N2O3. The molecule has 84 valence electrons. The molecule has 0 bridgehead atoms. The molecule has 1 amide bonds. The molecule has 1 aromatic rings. The van der Waals surface area contributed by atoms with E-state index in [0.717, 1.165) is 12.0 Å². The largest absolute Gasteiger partial charge is 0.465 e. The third kappa shape index (κ3) is 2.03. The van der Waals surface area contributed by atoms with Gasteiger partial charge < -0.3 is 10.1 Å². The molecule has 0 spiro atoms. The van der Waals surface area contributed by atoms with Crippen molar-refractivity contribution in [1.82, 2.24) is 10.3 Å². The van der Waals surface area contributed by atoms with E-state index in [9.17, 15) is 9.59 Å². The minimum atomic E-state index is -0.418. The maximum Gasteiger partial charge on any atom is 0.339 e. The Morgan fingerprint density at radius 2 is 2.38 bits per heavy atom. The summed E-state index contributed by atoms with van der Waals surface area (Å²) < 4.78 is 4.61. The van der Waals surface area contributed by atoms with Crippen LogP contribution in [-0.4, -0.2) is 24.0 Å². The molecule has 16 heavy (non-hydrogen) atoms. The average molecular weight is 220 g/mol. The first-order valence-electron chi connectivity index (χ1n) is 5.03. The normalized spacial score (nSPS) is 19.3. The van der Waals surface area contributed by atoms with Crippen molar-refractivity contribution >= 4 is 11.9 Å². The van der Waals surface area contributed by atoms with Crippen molar-refractivity contribution in [2.75, 3.05) is 7.11 Å². The lowest BCUT2D eigenvalue weighted by Gasteiger charge is -2.10. The van der Waals surface area contributed by atoms with Crippen LogP contribution in [0.25, 0.3) is 0 Å². The van der Waals surface area contributed by atoms with Crippen LogP contribution >= 0.6 is 0 Å². The van der Waals surface area contributed by atoms with Gasteiger partial charge in [-0.05, 0) is 18.1 Å². The fourth-order valence-electron chi connectivity index (χ4n) is 1.74. The standard InChI is InChI=1S/C11H12N2O3/c1-16-11(15)8-4-7(5-12-6-8)9-2-3-10(14)13-9/h4-6,9H,2-3H2,1H3,(H,13,14). The summed E-state index contributed by atoms with van der Waals surface area (Å²) in [4.78, 5) is 26.3. The van der Waals surface area contributed by atoms with Crippen LogP contribution in [0.5, 0.6) is 0 Å². The molecule has 0 saturated carbocycles. The van der Waals surface area contributed by atoms with Gasteiger partial charge in [0.1, 0.15) is 0 Å². The van der Waals surface area contributed by atoms with Gasteiger partial charge in [-0.3, -0.25) is 9.78 Å². The zero-order chi connectivity index (χ0) is 11.5. The number of esters is 1. The highest BCUT2D eigenvalue weighted by Gasteiger charge is 2.23. The van der Waals surface area contributed by atoms with Crippen molar-refractivity contribution < 1.29 is 14.3 Å². The number of rotatable bonds is 2. The Balaban J connectivity index is 2.22. The fraction of sp³-hybridized carbons (Fsp3) is 0.364. The predicted octanol–water partition coefficient (Wildman–Crippen LogP) is 0.819. The summed E-state index contributed by atoms with van der Waals surface area (Å²) in [5.74, 6) is -0.382. The van der Waals surface area contributed by atoms with Crippen LogP contribution < -0.4 is 5.32 Å². The number of hydrogen-bond acceptors (Lipinski definition) is 4. The highest BCUT2D eigenvalue weighted by molar-refractivity contribution is 5.89. The molecular weight excluding hydrogens is 208 g/mol. The number of nitrogens with zero attached hydrogens (tertiary/aromatic N) is 1. The molecule has 1 aliphatic heterocycles. The van der Waals surface area contributed by atoms with E-state index in [1.54, 1.807) is 12.3 Å². The van der Waals surface area contributed by atoms with Crippen molar-refractivity contribution in [3.05, 3.63) is 29.6 Å². The number of nitrogens with one attached hydrogen (secondary N) is 1. The van der Waals surface area contributed by atoms with Crippen molar-refractivity contribution in [3.8, 4) is 0 Å². The first-order chi connectivity index (χ1) is 7.70. The quantitative estimate of drug-likeness (QED) is 0.749. The molecule has 1 unspecified atom stereocenters. The number of aromatic nitrogens is 1. The highest BCUT2D eigenvalue weighted by atomic mass is 16.5. The van der Waals surface area contributed by atoms with Gasteiger partial charge in [-0.2, -0.15) is 0 Å². The van der Waals surface area contributed by atoms with Crippen LogP contribution in [0.3, 0.4) is 0 Å². The molecule has 1 aromatic heterocycles. The lowest BCUT2D eigenvalue weighted by molar-refractivity contribution is -0.119. The van der Waals surface area contributed by atoms with E-state index >= 15 is 0 Å². The molecule has 1 atom stereocenters. The Kier molecular flexibility index (Phi) is 2.85. The Morgan fingerprint density at radius 1 is 1.56 bits per heavy atom. The minimum absolute atomic E-state index is 0.0356. The monoisotopic (exact) mass is 220 g/mol. The molecule has 1 N–H and O–H groups in total. The Bertz CT molecular complexity index is 431. The lowest BCUT2D eigenvalue weighted by Crippen LogP contribution is -2.18. The predicted molar refractivity (Wildman–Crippen MR) is 55.7 cm³/mol. The molecule has 1 aliphatic rings. The molecule has 1 fully saturated rings. The number of pyridine rings is 1. The van der Waals surface area contributed by atoms with Crippen LogP contribution in [0.1, 0.15) is 34.8 Å². The number of amides is 1. The van der Waals surface area contributed by atoms with Gasteiger partial charge in [-0.25, -0.2) is 4.79 Å². The molecule has 0 aromatic carbocycles. The van der Waals surface area contributed by atoms with E-state index in [1.165, 1.54) is 13.3 Å². The Labute approximate surface area is 92.8 Å². The maximum absolute atomic E-state index is 11.3. The van der Waals surface area contributed by atoms with Gasteiger partial charge in [0.05, 0.1) is 18.7 Å². The van der Waals surface area contributed by atoms with Crippen molar-refractivity contribution in [3.63, 3.8) is 0 Å². The van der Waals surface area contributed by atoms with E-state index in [-0.39, 0.29) is 11.9 Å². The highest BCUT2D eigenvalue weighted by Crippen LogP contribution is 2.23. The minimum Gasteiger partial charge on any atom is -0.465 e. The summed E-state index contributed by atoms with van der Waals surface area (Å²) in [6.45, 7) is 0. The maximum atomic E-state index is 11.3. The summed E-state index contributed by atoms with van der Waals surface area (Å²) in [5, 5.41) is 2.82. The summed E-state index contributed by atoms with van der Waals surface area (Å²) >= 11 is 0. The van der Waals surface area contributed by atoms with Gasteiger partial charge in [0.2, 0.25) is 5.91 Å². The van der Waals surface area contributed by atoms with Crippen molar-refractivity contribution in [2.45, 2.75) is 18.9 Å². The van der Waals surface area contributed by atoms with Gasteiger partial charge in [-0.1, -0.05) is 0 Å². The fourth-order valence-corrected chi connectivity index (χ4v) is 1.74. The van der Waals surface area contributed by atoms with E-state index in [2.05, 4.69) is 15.0 Å².